The van der Waals surface area contributed by atoms with Gasteiger partial charge in [0.25, 0.3) is 11.5 Å². The van der Waals surface area contributed by atoms with Crippen molar-refractivity contribution < 1.29 is 23.4 Å². The summed E-state index contributed by atoms with van der Waals surface area (Å²) >= 11 is 0. The third-order valence-corrected chi connectivity index (χ3v) is 5.31. The van der Waals surface area contributed by atoms with Crippen molar-refractivity contribution in [1.82, 2.24) is 15.1 Å². The van der Waals surface area contributed by atoms with E-state index in [0.29, 0.717) is 41.6 Å². The molecule has 0 atom stereocenters. The van der Waals surface area contributed by atoms with Crippen LogP contribution in [0.5, 0.6) is 17.2 Å². The smallest absolute Gasteiger partial charge is 0.299 e. The summed E-state index contributed by atoms with van der Waals surface area (Å²) < 4.78 is 30.6. The van der Waals surface area contributed by atoms with Gasteiger partial charge < -0.3 is 24.8 Å². The van der Waals surface area contributed by atoms with Crippen LogP contribution in [-0.4, -0.2) is 43.1 Å². The molecule has 0 spiro atoms. The number of amides is 1. The molecule has 4 aromatic rings. The highest BCUT2D eigenvalue weighted by Gasteiger charge is 2.16. The zero-order valence-corrected chi connectivity index (χ0v) is 20.2. The maximum atomic E-state index is 13.5. The minimum atomic E-state index is -0.515. The van der Waals surface area contributed by atoms with Gasteiger partial charge in [0.2, 0.25) is 0 Å². The molecule has 0 unspecified atom stereocenters. The molecule has 4 rings (SSSR count). The van der Waals surface area contributed by atoms with Gasteiger partial charge in [0, 0.05) is 24.9 Å². The minimum Gasteiger partial charge on any atom is -0.497 e. The van der Waals surface area contributed by atoms with Crippen molar-refractivity contribution >= 4 is 17.3 Å². The Morgan fingerprint density at radius 3 is 2.27 bits per heavy atom. The molecule has 0 aliphatic rings. The number of benzene rings is 3. The van der Waals surface area contributed by atoms with Gasteiger partial charge in [0.15, 0.2) is 11.4 Å². The highest BCUT2D eigenvalue weighted by atomic mass is 19.1. The number of halogens is 1. The topological polar surface area (TPSA) is 104 Å². The maximum absolute atomic E-state index is 13.5. The predicted molar refractivity (Wildman–Crippen MR) is 137 cm³/mol. The minimum absolute atomic E-state index is 0.104. The zero-order valence-electron chi connectivity index (χ0n) is 20.2. The lowest BCUT2D eigenvalue weighted by molar-refractivity contribution is 0.0937. The molecule has 190 valence electrons. The maximum Gasteiger partial charge on any atom is 0.299 e. The van der Waals surface area contributed by atoms with Crippen LogP contribution in [0.25, 0.3) is 5.69 Å². The van der Waals surface area contributed by atoms with Crippen LogP contribution in [0, 0.1) is 5.82 Å². The Labute approximate surface area is 212 Å². The van der Waals surface area contributed by atoms with Gasteiger partial charge >= 0.3 is 0 Å². The van der Waals surface area contributed by atoms with Gasteiger partial charge in [-0.05, 0) is 72.8 Å². The van der Waals surface area contributed by atoms with Crippen LogP contribution in [0.2, 0.25) is 0 Å². The van der Waals surface area contributed by atoms with Crippen molar-refractivity contribution in [1.29, 1.82) is 0 Å². The molecule has 0 saturated carbocycles. The van der Waals surface area contributed by atoms with E-state index in [-0.39, 0.29) is 17.3 Å². The number of aromatic nitrogens is 2. The third kappa shape index (κ3) is 6.30. The van der Waals surface area contributed by atoms with E-state index in [0.717, 1.165) is 4.68 Å². The van der Waals surface area contributed by atoms with Gasteiger partial charge in [-0.25, -0.2) is 4.39 Å². The van der Waals surface area contributed by atoms with Crippen molar-refractivity contribution in [2.45, 2.75) is 0 Å². The van der Waals surface area contributed by atoms with Crippen LogP contribution in [-0.2, 0) is 4.74 Å². The van der Waals surface area contributed by atoms with Gasteiger partial charge in [-0.3, -0.25) is 9.59 Å². The molecule has 1 amide bonds. The molecule has 10 heteroatoms. The number of carbonyl (C=O) groups excluding carboxylic acids is 1. The lowest BCUT2D eigenvalue weighted by Crippen LogP contribution is -2.26. The predicted octanol–water partition coefficient (Wildman–Crippen LogP) is 4.29. The van der Waals surface area contributed by atoms with E-state index in [9.17, 15) is 14.0 Å². The second-order valence-corrected chi connectivity index (χ2v) is 7.81. The number of hydrogen-bond acceptors (Lipinski definition) is 7. The van der Waals surface area contributed by atoms with Crippen LogP contribution in [0.3, 0.4) is 0 Å². The van der Waals surface area contributed by atoms with Gasteiger partial charge in [-0.1, -0.05) is 0 Å². The molecule has 0 radical (unpaired) electrons. The number of nitrogens with one attached hydrogen (secondary N) is 2. The number of ether oxygens (including phenoxy) is 3. The Morgan fingerprint density at radius 2 is 1.62 bits per heavy atom. The summed E-state index contributed by atoms with van der Waals surface area (Å²) in [6.07, 6.45) is 1.40. The molecule has 1 heterocycles. The van der Waals surface area contributed by atoms with Crippen LogP contribution >= 0.6 is 0 Å². The highest BCUT2D eigenvalue weighted by Crippen LogP contribution is 2.30. The summed E-state index contributed by atoms with van der Waals surface area (Å²) in [4.78, 5) is 25.7. The Bertz CT molecular complexity index is 1410. The normalized spacial score (nSPS) is 10.6. The van der Waals surface area contributed by atoms with Crippen molar-refractivity contribution in [2.75, 3.05) is 32.7 Å². The average molecular weight is 505 g/mol. The summed E-state index contributed by atoms with van der Waals surface area (Å²) in [6, 6.07) is 18.9. The van der Waals surface area contributed by atoms with Gasteiger partial charge in [-0.2, -0.15) is 9.78 Å². The van der Waals surface area contributed by atoms with Crippen LogP contribution in [0.1, 0.15) is 10.4 Å². The van der Waals surface area contributed by atoms with Crippen LogP contribution in [0.4, 0.5) is 15.8 Å². The fourth-order valence-electron chi connectivity index (χ4n) is 3.39. The number of rotatable bonds is 10. The second-order valence-electron chi connectivity index (χ2n) is 7.81. The largest absolute Gasteiger partial charge is 0.497 e. The number of nitrogens with zero attached hydrogens (tertiary/aromatic N) is 2. The van der Waals surface area contributed by atoms with Gasteiger partial charge in [0.1, 0.15) is 17.3 Å². The van der Waals surface area contributed by atoms with E-state index in [1.54, 1.807) is 62.8 Å². The fourth-order valence-corrected chi connectivity index (χ4v) is 3.39. The molecule has 37 heavy (non-hydrogen) atoms. The van der Waals surface area contributed by atoms with E-state index in [1.807, 2.05) is 0 Å². The number of hydrogen-bond donors (Lipinski definition) is 2. The Morgan fingerprint density at radius 1 is 0.946 bits per heavy atom. The molecule has 0 aliphatic heterocycles. The van der Waals surface area contributed by atoms with E-state index >= 15 is 0 Å². The molecule has 0 fully saturated rings. The zero-order chi connectivity index (χ0) is 26.2. The number of anilines is 2. The molecule has 1 aromatic heterocycles. The molecular formula is C27H25FN4O5. The Kier molecular flexibility index (Phi) is 8.11. The second kappa shape index (κ2) is 11.8. The van der Waals surface area contributed by atoms with E-state index < -0.39 is 11.4 Å². The number of methoxy groups -OCH3 is 2. The molecule has 0 saturated heterocycles. The summed E-state index contributed by atoms with van der Waals surface area (Å²) in [6.45, 7) is 0.798. The van der Waals surface area contributed by atoms with Crippen molar-refractivity contribution in [3.63, 3.8) is 0 Å². The van der Waals surface area contributed by atoms with Crippen molar-refractivity contribution in [3.8, 4) is 22.9 Å². The molecule has 2 N–H and O–H groups in total. The first kappa shape index (κ1) is 25.4. The lowest BCUT2D eigenvalue weighted by atomic mass is 10.2. The van der Waals surface area contributed by atoms with Crippen molar-refractivity contribution in [3.05, 3.63) is 101 Å². The molecule has 9 nitrogen and oxygen atoms in total. The molecule has 0 bridgehead atoms. The standard InChI is InChI=1S/C27H25FN4O5/c1-35-16-15-29-26(33)18-3-7-20(8-4-18)31-25-24(37-23-13-11-22(36-2)12-14-23)17-30-32(27(25)34)21-9-5-19(28)6-10-21/h3-14,17,31H,15-16H2,1-2H3,(H,29,33). The third-order valence-electron chi connectivity index (χ3n) is 5.31. The van der Waals surface area contributed by atoms with Crippen LogP contribution in [0.15, 0.2) is 83.8 Å². The van der Waals surface area contributed by atoms with E-state index in [2.05, 4.69) is 15.7 Å². The fraction of sp³-hybridized carbons (Fsp3) is 0.148. The molecule has 0 aliphatic carbocycles. The lowest BCUT2D eigenvalue weighted by Gasteiger charge is -2.15. The summed E-state index contributed by atoms with van der Waals surface area (Å²) in [7, 11) is 3.12. The first-order valence-corrected chi connectivity index (χ1v) is 11.3. The molecular weight excluding hydrogens is 479 g/mol. The number of carbonyl (C=O) groups is 1. The summed E-state index contributed by atoms with van der Waals surface area (Å²) in [5.74, 6) is 0.625. The van der Waals surface area contributed by atoms with Gasteiger partial charge in [0.05, 0.1) is 25.6 Å². The Balaban J connectivity index is 1.66. The first-order valence-electron chi connectivity index (χ1n) is 11.3. The quantitative estimate of drug-likeness (QED) is 0.311. The van der Waals surface area contributed by atoms with Crippen molar-refractivity contribution in [2.24, 2.45) is 0 Å². The van der Waals surface area contributed by atoms with E-state index in [1.165, 1.54) is 30.5 Å². The Hall–Kier alpha value is -4.70. The monoisotopic (exact) mass is 504 g/mol. The SMILES string of the molecule is COCCNC(=O)c1ccc(Nc2c(Oc3ccc(OC)cc3)cnn(-c3ccc(F)cc3)c2=O)cc1. The first-order chi connectivity index (χ1) is 18.0. The summed E-state index contributed by atoms with van der Waals surface area (Å²) in [5, 5.41) is 10.0. The van der Waals surface area contributed by atoms with Crippen LogP contribution < -0.4 is 25.7 Å². The highest BCUT2D eigenvalue weighted by molar-refractivity contribution is 5.94. The average Bonchev–Trinajstić information content (AvgIpc) is 2.92. The molecule has 3 aromatic carbocycles. The van der Waals surface area contributed by atoms with Gasteiger partial charge in [-0.15, -0.1) is 0 Å². The van der Waals surface area contributed by atoms with E-state index in [4.69, 9.17) is 14.2 Å². The summed E-state index contributed by atoms with van der Waals surface area (Å²) in [5.41, 5.74) is 0.969.